The summed E-state index contributed by atoms with van der Waals surface area (Å²) < 4.78 is 15.9. The van der Waals surface area contributed by atoms with Gasteiger partial charge in [-0.3, -0.25) is 14.7 Å². The average molecular weight is 673 g/mol. The maximum atomic E-state index is 13.7. The third-order valence-corrected chi connectivity index (χ3v) is 10.2. The Labute approximate surface area is 285 Å². The molecule has 11 heteroatoms. The van der Waals surface area contributed by atoms with E-state index in [4.69, 9.17) is 9.47 Å². The number of benzene rings is 1. The lowest BCUT2D eigenvalue weighted by atomic mass is 10.0. The van der Waals surface area contributed by atoms with Crippen LogP contribution in [0, 0.1) is 0 Å². The van der Waals surface area contributed by atoms with Gasteiger partial charge in [0, 0.05) is 83.8 Å². The predicted molar refractivity (Wildman–Crippen MR) is 196 cm³/mol. The van der Waals surface area contributed by atoms with E-state index in [0.29, 0.717) is 51.4 Å². The van der Waals surface area contributed by atoms with Crippen LogP contribution in [0.3, 0.4) is 0 Å². The molecule has 0 atom stereocenters. The Balaban J connectivity index is 1.47. The molecule has 3 aromatic heterocycles. The number of amides is 1. The van der Waals surface area contributed by atoms with Crippen LogP contribution in [0.1, 0.15) is 38.6 Å². The molecule has 10 nitrogen and oxygen atoms in total. The number of aromatic nitrogens is 3. The molecule has 1 aliphatic rings. The van der Waals surface area contributed by atoms with E-state index in [1.54, 1.807) is 10.8 Å². The summed E-state index contributed by atoms with van der Waals surface area (Å²) in [5, 5.41) is 4.18. The first kappa shape index (κ1) is 35.4. The van der Waals surface area contributed by atoms with Crippen molar-refractivity contribution in [2.45, 2.75) is 78.3 Å². The van der Waals surface area contributed by atoms with Gasteiger partial charge in [0.15, 0.2) is 0 Å². The molecule has 1 saturated heterocycles. The second kappa shape index (κ2) is 15.1. The number of nitrogens with zero attached hydrogens (tertiary/aromatic N) is 5. The van der Waals surface area contributed by atoms with Crippen LogP contribution < -0.4 is 10.9 Å². The number of carbonyl (C=O) groups is 1. The van der Waals surface area contributed by atoms with Gasteiger partial charge >= 0.3 is 6.09 Å². The molecule has 0 radical (unpaired) electrons. The van der Waals surface area contributed by atoms with Crippen LogP contribution in [-0.4, -0.2) is 76.5 Å². The molecule has 48 heavy (non-hydrogen) atoms. The smallest absolute Gasteiger partial charge is 0.410 e. The lowest BCUT2D eigenvalue weighted by Gasteiger charge is -2.26. The van der Waals surface area contributed by atoms with E-state index in [1.807, 2.05) is 69.2 Å². The molecule has 4 aromatic rings. The Hall–Kier alpha value is -3.93. The van der Waals surface area contributed by atoms with Gasteiger partial charge < -0.3 is 28.8 Å². The van der Waals surface area contributed by atoms with E-state index >= 15 is 0 Å². The number of ether oxygens (including phenoxy) is 2. The third kappa shape index (κ3) is 9.36. The van der Waals surface area contributed by atoms with Crippen molar-refractivity contribution < 1.29 is 14.3 Å². The quantitative estimate of drug-likeness (QED) is 0.139. The zero-order chi connectivity index (χ0) is 34.5. The summed E-state index contributed by atoms with van der Waals surface area (Å²) in [5.74, 6) is 0. The Morgan fingerprint density at radius 1 is 1.02 bits per heavy atom. The molecule has 1 fully saturated rings. The van der Waals surface area contributed by atoms with Crippen molar-refractivity contribution in [1.29, 1.82) is 0 Å². The van der Waals surface area contributed by atoms with E-state index in [0.717, 1.165) is 52.7 Å². The Kier molecular flexibility index (Phi) is 11.1. The van der Waals surface area contributed by atoms with Crippen LogP contribution >= 0.6 is 0 Å². The van der Waals surface area contributed by atoms with Crippen molar-refractivity contribution in [2.75, 3.05) is 38.1 Å². The number of anilines is 1. The van der Waals surface area contributed by atoms with Gasteiger partial charge in [-0.1, -0.05) is 37.8 Å². The highest BCUT2D eigenvalue weighted by atomic mass is 28.3. The highest BCUT2D eigenvalue weighted by Crippen LogP contribution is 2.32. The van der Waals surface area contributed by atoms with Gasteiger partial charge in [-0.25, -0.2) is 4.79 Å². The summed E-state index contributed by atoms with van der Waals surface area (Å²) in [5.41, 5.74) is 5.27. The first-order valence-electron chi connectivity index (χ1n) is 17.0. The topological polar surface area (TPSA) is 93.9 Å². The molecule has 1 N–H and O–H groups in total. The lowest BCUT2D eigenvalue weighted by Crippen LogP contribution is -2.39. The van der Waals surface area contributed by atoms with Gasteiger partial charge in [-0.2, -0.15) is 0 Å². The molecule has 0 aliphatic carbocycles. The summed E-state index contributed by atoms with van der Waals surface area (Å²) in [6, 6.07) is 17.3. The van der Waals surface area contributed by atoms with Crippen molar-refractivity contribution >= 4 is 30.8 Å². The van der Waals surface area contributed by atoms with Crippen molar-refractivity contribution in [2.24, 2.45) is 7.05 Å². The van der Waals surface area contributed by atoms with Gasteiger partial charge in [0.25, 0.3) is 5.56 Å². The number of fused-ring (bicyclic) bond motifs is 1. The number of aryl methyl sites for hydroxylation is 1. The van der Waals surface area contributed by atoms with Gasteiger partial charge in [0.05, 0.1) is 23.1 Å². The average Bonchev–Trinajstić information content (AvgIpc) is 3.20. The minimum Gasteiger partial charge on any atom is -0.444 e. The summed E-state index contributed by atoms with van der Waals surface area (Å²) in [4.78, 5) is 35.1. The predicted octanol–water partition coefficient (Wildman–Crippen LogP) is 6.77. The van der Waals surface area contributed by atoms with Crippen LogP contribution in [0.15, 0.2) is 65.7 Å². The van der Waals surface area contributed by atoms with E-state index in [9.17, 15) is 9.59 Å². The molecule has 0 saturated carbocycles. The second-order valence-corrected chi connectivity index (χ2v) is 20.6. The normalized spacial score (nSPS) is 14.7. The van der Waals surface area contributed by atoms with Crippen LogP contribution in [0.5, 0.6) is 0 Å². The van der Waals surface area contributed by atoms with E-state index in [-0.39, 0.29) is 11.7 Å². The fourth-order valence-corrected chi connectivity index (χ4v) is 6.70. The number of nitrogens with one attached hydrogen (secondary N) is 1. The largest absolute Gasteiger partial charge is 0.444 e. The van der Waals surface area contributed by atoms with E-state index in [1.165, 1.54) is 0 Å². The standard InChI is InChI=1S/C37H52N6O4Si/c1-37(2,3)47-36(45)42-17-11-16-41(18-19-42)25-31-23-32-34(43(31)27-46-20-21-48(5,6)7)33(26-40(4)35(32)44)28-12-10-14-29(22-28)39-24-30-13-8-9-15-38-30/h8-10,12-15,22-23,26,39H,11,16-21,24-25,27H2,1-7H3. The molecule has 1 aliphatic heterocycles. The summed E-state index contributed by atoms with van der Waals surface area (Å²) >= 11 is 0. The lowest BCUT2D eigenvalue weighted by molar-refractivity contribution is 0.0257. The molecule has 0 bridgehead atoms. The van der Waals surface area contributed by atoms with Crippen molar-refractivity contribution in [3.05, 3.63) is 82.7 Å². The summed E-state index contributed by atoms with van der Waals surface area (Å²) in [7, 11) is 0.529. The third-order valence-electron chi connectivity index (χ3n) is 8.53. The highest BCUT2D eigenvalue weighted by Gasteiger charge is 2.26. The fourth-order valence-electron chi connectivity index (χ4n) is 5.94. The molecule has 0 unspecified atom stereocenters. The fraction of sp³-hybridized carbons (Fsp3) is 0.486. The molecule has 0 spiro atoms. The minimum absolute atomic E-state index is 0.0350. The van der Waals surface area contributed by atoms with Crippen molar-refractivity contribution in [3.63, 3.8) is 0 Å². The maximum absolute atomic E-state index is 13.7. The van der Waals surface area contributed by atoms with Gasteiger partial charge in [-0.15, -0.1) is 0 Å². The molecule has 1 amide bonds. The van der Waals surface area contributed by atoms with Gasteiger partial charge in [0.2, 0.25) is 0 Å². The first-order valence-corrected chi connectivity index (χ1v) is 20.7. The van der Waals surface area contributed by atoms with Crippen LogP contribution in [0.25, 0.3) is 22.0 Å². The van der Waals surface area contributed by atoms with Gasteiger partial charge in [-0.05, 0) is 69.1 Å². The molecule has 258 valence electrons. The van der Waals surface area contributed by atoms with E-state index in [2.05, 4.69) is 57.6 Å². The Morgan fingerprint density at radius 3 is 2.56 bits per heavy atom. The molecular formula is C37H52N6O4Si. The van der Waals surface area contributed by atoms with Crippen LogP contribution in [0.4, 0.5) is 10.5 Å². The molecule has 5 rings (SSSR count). The van der Waals surface area contributed by atoms with E-state index < -0.39 is 13.7 Å². The minimum atomic E-state index is -1.29. The zero-order valence-electron chi connectivity index (χ0n) is 29.7. The number of carbonyl (C=O) groups excluding carboxylic acids is 1. The number of hydrogen-bond acceptors (Lipinski definition) is 7. The number of rotatable bonds is 11. The van der Waals surface area contributed by atoms with Crippen molar-refractivity contribution in [3.8, 4) is 11.1 Å². The summed E-state index contributed by atoms with van der Waals surface area (Å²) in [6.07, 6.45) is 4.32. The molecular weight excluding hydrogens is 621 g/mol. The Morgan fingerprint density at radius 2 is 1.83 bits per heavy atom. The number of pyridine rings is 2. The second-order valence-electron chi connectivity index (χ2n) is 15.0. The van der Waals surface area contributed by atoms with Crippen molar-refractivity contribution in [1.82, 2.24) is 23.9 Å². The number of hydrogen-bond donors (Lipinski definition) is 1. The Bertz CT molecular complexity index is 1760. The molecule has 1 aromatic carbocycles. The SMILES string of the molecule is Cn1cc(-c2cccc(NCc3ccccn3)c2)c2c(cc(CN3CCCN(C(=O)OC(C)(C)C)CC3)n2COCC[Si](C)(C)C)c1=O. The maximum Gasteiger partial charge on any atom is 0.410 e. The highest BCUT2D eigenvalue weighted by molar-refractivity contribution is 6.76. The zero-order valence-corrected chi connectivity index (χ0v) is 30.7. The monoisotopic (exact) mass is 672 g/mol. The van der Waals surface area contributed by atoms with Crippen LogP contribution in [-0.2, 0) is 36.3 Å². The summed E-state index contributed by atoms with van der Waals surface area (Å²) in [6.45, 7) is 17.8. The van der Waals surface area contributed by atoms with Crippen LogP contribution in [0.2, 0.25) is 25.7 Å². The molecule has 4 heterocycles. The first-order chi connectivity index (χ1) is 22.8. The van der Waals surface area contributed by atoms with Gasteiger partial charge in [0.1, 0.15) is 12.3 Å².